The van der Waals surface area contributed by atoms with E-state index in [0.717, 1.165) is 18.5 Å². The van der Waals surface area contributed by atoms with Gasteiger partial charge in [0.1, 0.15) is 0 Å². The third kappa shape index (κ3) is 4.84. The van der Waals surface area contributed by atoms with Gasteiger partial charge in [0.15, 0.2) is 0 Å². The lowest BCUT2D eigenvalue weighted by Crippen LogP contribution is -2.22. The Labute approximate surface area is 119 Å². The second-order valence-corrected chi connectivity index (χ2v) is 6.09. The number of aryl methyl sites for hydroxylation is 1. The molecule has 0 radical (unpaired) electrons. The summed E-state index contributed by atoms with van der Waals surface area (Å²) in [5.74, 6) is 0. The van der Waals surface area contributed by atoms with E-state index >= 15 is 0 Å². The van der Waals surface area contributed by atoms with Gasteiger partial charge in [-0.25, -0.2) is 0 Å². The van der Waals surface area contributed by atoms with Gasteiger partial charge < -0.3 is 5.32 Å². The number of benzene rings is 1. The van der Waals surface area contributed by atoms with Crippen molar-refractivity contribution in [1.82, 2.24) is 5.32 Å². The topological polar surface area (TPSA) is 55.2 Å². The second kappa shape index (κ2) is 7.50. The summed E-state index contributed by atoms with van der Waals surface area (Å²) in [7, 11) is 0. The summed E-state index contributed by atoms with van der Waals surface area (Å²) in [4.78, 5) is 10.6. The molecule has 0 aliphatic carbocycles. The molecule has 0 fully saturated rings. The molecule has 0 saturated heterocycles. The van der Waals surface area contributed by atoms with Crippen molar-refractivity contribution in [1.29, 1.82) is 0 Å². The molecule has 5 heteroatoms. The largest absolute Gasteiger partial charge is 0.310 e. The van der Waals surface area contributed by atoms with E-state index < -0.39 is 0 Å². The predicted molar refractivity (Wildman–Crippen MR) is 81.8 cm³/mol. The highest BCUT2D eigenvalue weighted by Crippen LogP contribution is 2.23. The van der Waals surface area contributed by atoms with Gasteiger partial charge in [0.05, 0.1) is 4.92 Å². The fourth-order valence-electron chi connectivity index (χ4n) is 1.83. The van der Waals surface area contributed by atoms with Crippen LogP contribution in [0.15, 0.2) is 18.2 Å². The van der Waals surface area contributed by atoms with E-state index in [9.17, 15) is 10.1 Å². The van der Waals surface area contributed by atoms with Crippen LogP contribution in [-0.4, -0.2) is 23.0 Å². The van der Waals surface area contributed by atoms with E-state index in [1.54, 1.807) is 13.0 Å². The normalized spacial score (nSPS) is 14.1. The zero-order valence-corrected chi connectivity index (χ0v) is 12.8. The second-order valence-electron chi connectivity index (χ2n) is 4.81. The van der Waals surface area contributed by atoms with Gasteiger partial charge in [-0.1, -0.05) is 19.1 Å². The standard InChI is InChI=1S/C14H22N2O2S/c1-10-5-6-13(9-14(10)16(17)18)12(3)15-8-7-11(2)19-4/h5-6,9,11-12,15H,7-8H2,1-4H3. The summed E-state index contributed by atoms with van der Waals surface area (Å²) in [6.45, 7) is 6.93. The predicted octanol–water partition coefficient (Wildman–Crippen LogP) is 3.70. The number of nitro groups is 1. The van der Waals surface area contributed by atoms with Crippen molar-refractivity contribution >= 4 is 17.4 Å². The average Bonchev–Trinajstić information content (AvgIpc) is 2.38. The Balaban J connectivity index is 2.64. The van der Waals surface area contributed by atoms with Crippen LogP contribution in [0.1, 0.15) is 37.4 Å². The summed E-state index contributed by atoms with van der Waals surface area (Å²) in [6.07, 6.45) is 3.21. The number of hydrogen-bond acceptors (Lipinski definition) is 4. The molecule has 1 aromatic carbocycles. The van der Waals surface area contributed by atoms with Crippen LogP contribution in [0.3, 0.4) is 0 Å². The van der Waals surface area contributed by atoms with Crippen LogP contribution in [0.4, 0.5) is 5.69 Å². The van der Waals surface area contributed by atoms with Crippen LogP contribution in [0, 0.1) is 17.0 Å². The molecular formula is C14H22N2O2S. The van der Waals surface area contributed by atoms with Crippen molar-refractivity contribution in [2.24, 2.45) is 0 Å². The van der Waals surface area contributed by atoms with E-state index in [1.165, 1.54) is 0 Å². The molecule has 1 aromatic rings. The van der Waals surface area contributed by atoms with Gasteiger partial charge in [-0.15, -0.1) is 0 Å². The summed E-state index contributed by atoms with van der Waals surface area (Å²) >= 11 is 1.85. The monoisotopic (exact) mass is 282 g/mol. The molecule has 0 aromatic heterocycles. The molecule has 106 valence electrons. The van der Waals surface area contributed by atoms with Crippen LogP contribution in [0.25, 0.3) is 0 Å². The number of rotatable bonds is 7. The lowest BCUT2D eigenvalue weighted by molar-refractivity contribution is -0.385. The molecule has 2 atom stereocenters. The van der Waals surface area contributed by atoms with Crippen LogP contribution in [-0.2, 0) is 0 Å². The van der Waals surface area contributed by atoms with Crippen LogP contribution in [0.2, 0.25) is 0 Å². The molecule has 2 unspecified atom stereocenters. The maximum Gasteiger partial charge on any atom is 0.272 e. The van der Waals surface area contributed by atoms with Crippen molar-refractivity contribution in [3.8, 4) is 0 Å². The highest BCUT2D eigenvalue weighted by Gasteiger charge is 2.14. The Morgan fingerprint density at radius 1 is 1.42 bits per heavy atom. The van der Waals surface area contributed by atoms with Gasteiger partial charge >= 0.3 is 0 Å². The molecule has 1 N–H and O–H groups in total. The minimum atomic E-state index is -0.318. The molecule has 0 heterocycles. The Morgan fingerprint density at radius 2 is 2.11 bits per heavy atom. The summed E-state index contributed by atoms with van der Waals surface area (Å²) in [6, 6.07) is 5.58. The first-order valence-corrected chi connectivity index (χ1v) is 7.75. The first-order chi connectivity index (χ1) is 8.95. The minimum Gasteiger partial charge on any atom is -0.310 e. The first kappa shape index (κ1) is 16.0. The molecule has 19 heavy (non-hydrogen) atoms. The third-order valence-corrected chi connectivity index (χ3v) is 4.37. The van der Waals surface area contributed by atoms with E-state index in [-0.39, 0.29) is 16.7 Å². The van der Waals surface area contributed by atoms with Crippen molar-refractivity contribution in [2.45, 2.75) is 38.5 Å². The molecule has 0 saturated carbocycles. The Bertz CT molecular complexity index is 437. The van der Waals surface area contributed by atoms with Crippen LogP contribution in [0.5, 0.6) is 0 Å². The number of nitrogens with zero attached hydrogens (tertiary/aromatic N) is 1. The number of nitrogens with one attached hydrogen (secondary N) is 1. The van der Waals surface area contributed by atoms with Gasteiger partial charge in [-0.3, -0.25) is 10.1 Å². The van der Waals surface area contributed by atoms with Gasteiger partial charge in [0.25, 0.3) is 5.69 Å². The summed E-state index contributed by atoms with van der Waals surface area (Å²) in [5.41, 5.74) is 1.87. The number of nitro benzene ring substituents is 1. The SMILES string of the molecule is CSC(C)CCNC(C)c1ccc(C)c([N+](=O)[O-])c1. The maximum atomic E-state index is 10.9. The van der Waals surface area contributed by atoms with Crippen molar-refractivity contribution in [3.05, 3.63) is 39.4 Å². The number of thioether (sulfide) groups is 1. The van der Waals surface area contributed by atoms with Crippen molar-refractivity contribution in [2.75, 3.05) is 12.8 Å². The molecule has 1 rings (SSSR count). The van der Waals surface area contributed by atoms with E-state index in [4.69, 9.17) is 0 Å². The Hall–Kier alpha value is -1.07. The van der Waals surface area contributed by atoms with E-state index in [0.29, 0.717) is 10.8 Å². The maximum absolute atomic E-state index is 10.9. The smallest absolute Gasteiger partial charge is 0.272 e. The quantitative estimate of drug-likeness (QED) is 0.612. The Kier molecular flexibility index (Phi) is 6.31. The molecule has 0 amide bonds. The zero-order valence-electron chi connectivity index (χ0n) is 12.0. The van der Waals surface area contributed by atoms with Gasteiger partial charge in [0, 0.05) is 22.9 Å². The van der Waals surface area contributed by atoms with Crippen LogP contribution < -0.4 is 5.32 Å². The van der Waals surface area contributed by atoms with E-state index in [1.807, 2.05) is 30.8 Å². The molecule has 0 aliphatic heterocycles. The Morgan fingerprint density at radius 3 is 2.68 bits per heavy atom. The molecule has 0 aliphatic rings. The highest BCUT2D eigenvalue weighted by atomic mass is 32.2. The summed E-state index contributed by atoms with van der Waals surface area (Å²) < 4.78 is 0. The fraction of sp³-hybridized carbons (Fsp3) is 0.571. The van der Waals surface area contributed by atoms with E-state index in [2.05, 4.69) is 18.5 Å². The van der Waals surface area contributed by atoms with Gasteiger partial charge in [-0.05, 0) is 38.6 Å². The summed E-state index contributed by atoms with van der Waals surface area (Å²) in [5, 5.41) is 15.0. The zero-order chi connectivity index (χ0) is 14.4. The molecule has 4 nitrogen and oxygen atoms in total. The van der Waals surface area contributed by atoms with Crippen molar-refractivity contribution < 1.29 is 4.92 Å². The molecule has 0 spiro atoms. The molecular weight excluding hydrogens is 260 g/mol. The lowest BCUT2D eigenvalue weighted by Gasteiger charge is -2.16. The highest BCUT2D eigenvalue weighted by molar-refractivity contribution is 7.99. The lowest BCUT2D eigenvalue weighted by atomic mass is 10.0. The third-order valence-electron chi connectivity index (χ3n) is 3.33. The first-order valence-electron chi connectivity index (χ1n) is 6.46. The van der Waals surface area contributed by atoms with Gasteiger partial charge in [-0.2, -0.15) is 11.8 Å². The van der Waals surface area contributed by atoms with Crippen LogP contribution >= 0.6 is 11.8 Å². The average molecular weight is 282 g/mol. The van der Waals surface area contributed by atoms with Gasteiger partial charge in [0.2, 0.25) is 0 Å². The number of hydrogen-bond donors (Lipinski definition) is 1. The fourth-order valence-corrected chi connectivity index (χ4v) is 2.18. The van der Waals surface area contributed by atoms with Crippen molar-refractivity contribution in [3.63, 3.8) is 0 Å². The minimum absolute atomic E-state index is 0.133. The molecule has 0 bridgehead atoms.